The Balaban J connectivity index is 2.35. The molecule has 0 aromatic carbocycles. The second-order valence-electron chi connectivity index (χ2n) is 5.64. The van der Waals surface area contributed by atoms with Crippen molar-refractivity contribution in [2.24, 2.45) is 5.41 Å². The van der Waals surface area contributed by atoms with Gasteiger partial charge in [0, 0.05) is 27.1 Å². The predicted octanol–water partition coefficient (Wildman–Crippen LogP) is 1.04. The maximum atomic E-state index is 11.4. The van der Waals surface area contributed by atoms with Crippen molar-refractivity contribution in [3.05, 3.63) is 0 Å². The molecule has 1 heterocycles. The molecule has 1 aliphatic rings. The third-order valence-electron chi connectivity index (χ3n) is 3.66. The van der Waals surface area contributed by atoms with Crippen molar-refractivity contribution >= 4 is 11.9 Å². The number of rotatable bonds is 5. The number of aliphatic carboxylic acids is 1. The van der Waals surface area contributed by atoms with Crippen molar-refractivity contribution in [2.45, 2.75) is 32.6 Å². The molecule has 1 N–H and O–H groups in total. The standard InChI is InChI=1S/C13H24N2O3/c1-13(12(17)18)7-5-9-15(10-13)8-4-6-11(16)14(2)3/h4-10H2,1-3H3,(H,17,18). The van der Waals surface area contributed by atoms with Crippen molar-refractivity contribution in [3.8, 4) is 0 Å². The summed E-state index contributed by atoms with van der Waals surface area (Å²) in [6.45, 7) is 4.16. The van der Waals surface area contributed by atoms with Gasteiger partial charge in [-0.1, -0.05) is 0 Å². The van der Waals surface area contributed by atoms with Gasteiger partial charge in [0.2, 0.25) is 5.91 Å². The average Bonchev–Trinajstić information content (AvgIpc) is 2.28. The quantitative estimate of drug-likeness (QED) is 0.798. The maximum absolute atomic E-state index is 11.4. The zero-order valence-electron chi connectivity index (χ0n) is 11.6. The van der Waals surface area contributed by atoms with Gasteiger partial charge < -0.3 is 14.9 Å². The Bertz CT molecular complexity index is 317. The van der Waals surface area contributed by atoms with Crippen LogP contribution in [0.1, 0.15) is 32.6 Å². The number of amides is 1. The van der Waals surface area contributed by atoms with E-state index >= 15 is 0 Å². The highest BCUT2D eigenvalue weighted by Gasteiger charge is 2.37. The summed E-state index contributed by atoms with van der Waals surface area (Å²) in [5.41, 5.74) is -0.621. The first-order valence-corrected chi connectivity index (χ1v) is 6.51. The van der Waals surface area contributed by atoms with E-state index in [2.05, 4.69) is 4.90 Å². The number of carboxylic acids is 1. The van der Waals surface area contributed by atoms with Crippen LogP contribution in [0.2, 0.25) is 0 Å². The predicted molar refractivity (Wildman–Crippen MR) is 69.3 cm³/mol. The summed E-state index contributed by atoms with van der Waals surface area (Å²) in [6.07, 6.45) is 3.00. The van der Waals surface area contributed by atoms with Crippen LogP contribution in [0.15, 0.2) is 0 Å². The van der Waals surface area contributed by atoms with Gasteiger partial charge in [0.1, 0.15) is 0 Å². The zero-order valence-corrected chi connectivity index (χ0v) is 11.6. The normalized spacial score (nSPS) is 24.8. The molecular weight excluding hydrogens is 232 g/mol. The summed E-state index contributed by atoms with van der Waals surface area (Å²) in [6, 6.07) is 0. The minimum atomic E-state index is -0.712. The van der Waals surface area contributed by atoms with Crippen LogP contribution in [0.5, 0.6) is 0 Å². The van der Waals surface area contributed by atoms with Gasteiger partial charge >= 0.3 is 5.97 Å². The van der Waals surface area contributed by atoms with Crippen molar-refractivity contribution in [1.29, 1.82) is 0 Å². The number of piperidine rings is 1. The third kappa shape index (κ3) is 3.98. The van der Waals surface area contributed by atoms with Crippen molar-refractivity contribution in [1.82, 2.24) is 9.80 Å². The first kappa shape index (κ1) is 15.0. The zero-order chi connectivity index (χ0) is 13.8. The molecule has 0 bridgehead atoms. The molecular formula is C13H24N2O3. The van der Waals surface area contributed by atoms with Crippen LogP contribution in [-0.4, -0.2) is 60.5 Å². The third-order valence-corrected chi connectivity index (χ3v) is 3.66. The number of hydrogen-bond donors (Lipinski definition) is 1. The average molecular weight is 256 g/mol. The van der Waals surface area contributed by atoms with Gasteiger partial charge in [0.15, 0.2) is 0 Å². The van der Waals surface area contributed by atoms with Gasteiger partial charge in [0.05, 0.1) is 5.41 Å². The van der Waals surface area contributed by atoms with Crippen LogP contribution < -0.4 is 0 Å². The van der Waals surface area contributed by atoms with E-state index < -0.39 is 11.4 Å². The number of hydrogen-bond acceptors (Lipinski definition) is 3. The van der Waals surface area contributed by atoms with Crippen LogP contribution >= 0.6 is 0 Å². The monoisotopic (exact) mass is 256 g/mol. The summed E-state index contributed by atoms with van der Waals surface area (Å²) < 4.78 is 0. The van der Waals surface area contributed by atoms with Crippen LogP contribution in [0, 0.1) is 5.41 Å². The fraction of sp³-hybridized carbons (Fsp3) is 0.846. The molecule has 0 aromatic heterocycles. The summed E-state index contributed by atoms with van der Waals surface area (Å²) in [7, 11) is 3.51. The Hall–Kier alpha value is -1.10. The fourth-order valence-corrected chi connectivity index (χ4v) is 2.39. The van der Waals surface area contributed by atoms with Gasteiger partial charge in [-0.2, -0.15) is 0 Å². The van der Waals surface area contributed by atoms with E-state index in [1.165, 1.54) is 0 Å². The summed E-state index contributed by atoms with van der Waals surface area (Å²) in [4.78, 5) is 26.4. The molecule has 0 aliphatic carbocycles. The summed E-state index contributed by atoms with van der Waals surface area (Å²) >= 11 is 0. The highest BCUT2D eigenvalue weighted by atomic mass is 16.4. The molecule has 1 amide bonds. The van der Waals surface area contributed by atoms with E-state index in [1.807, 2.05) is 6.92 Å². The van der Waals surface area contributed by atoms with E-state index in [0.717, 1.165) is 32.4 Å². The second kappa shape index (κ2) is 6.18. The first-order chi connectivity index (χ1) is 8.35. The minimum absolute atomic E-state index is 0.132. The molecule has 104 valence electrons. The number of carbonyl (C=O) groups excluding carboxylic acids is 1. The molecule has 18 heavy (non-hydrogen) atoms. The number of carbonyl (C=O) groups is 2. The molecule has 1 saturated heterocycles. The second-order valence-corrected chi connectivity index (χ2v) is 5.64. The Morgan fingerprint density at radius 2 is 2.06 bits per heavy atom. The Morgan fingerprint density at radius 3 is 2.61 bits per heavy atom. The summed E-state index contributed by atoms with van der Waals surface area (Å²) in [5.74, 6) is -0.579. The van der Waals surface area contributed by atoms with Crippen molar-refractivity contribution in [3.63, 3.8) is 0 Å². The molecule has 0 aromatic rings. The van der Waals surface area contributed by atoms with Crippen LogP contribution in [0.25, 0.3) is 0 Å². The van der Waals surface area contributed by atoms with Gasteiger partial charge in [-0.25, -0.2) is 0 Å². The van der Waals surface area contributed by atoms with E-state index in [-0.39, 0.29) is 5.91 Å². The highest BCUT2D eigenvalue weighted by Crippen LogP contribution is 2.29. The van der Waals surface area contributed by atoms with E-state index in [9.17, 15) is 14.7 Å². The minimum Gasteiger partial charge on any atom is -0.481 e. The number of carboxylic acid groups (broad SMARTS) is 1. The Labute approximate surface area is 109 Å². The topological polar surface area (TPSA) is 60.9 Å². The molecule has 1 aliphatic heterocycles. The molecule has 5 nitrogen and oxygen atoms in total. The molecule has 0 spiro atoms. The van der Waals surface area contributed by atoms with Gasteiger partial charge in [-0.05, 0) is 39.3 Å². The lowest BCUT2D eigenvalue weighted by atomic mass is 9.82. The molecule has 0 saturated carbocycles. The van der Waals surface area contributed by atoms with Crippen molar-refractivity contribution in [2.75, 3.05) is 33.7 Å². The lowest BCUT2D eigenvalue weighted by Gasteiger charge is -2.37. The summed E-state index contributed by atoms with van der Waals surface area (Å²) in [5, 5.41) is 9.21. The first-order valence-electron chi connectivity index (χ1n) is 6.51. The highest BCUT2D eigenvalue weighted by molar-refractivity contribution is 5.75. The molecule has 1 fully saturated rings. The molecule has 1 unspecified atom stereocenters. The maximum Gasteiger partial charge on any atom is 0.310 e. The number of likely N-dealkylation sites (tertiary alicyclic amines) is 1. The lowest BCUT2D eigenvalue weighted by Crippen LogP contribution is -2.46. The van der Waals surface area contributed by atoms with Gasteiger partial charge in [0.25, 0.3) is 0 Å². The van der Waals surface area contributed by atoms with Crippen LogP contribution in [0.4, 0.5) is 0 Å². The molecule has 0 radical (unpaired) electrons. The lowest BCUT2D eigenvalue weighted by molar-refractivity contribution is -0.151. The smallest absolute Gasteiger partial charge is 0.310 e. The fourth-order valence-electron chi connectivity index (χ4n) is 2.39. The largest absolute Gasteiger partial charge is 0.481 e. The SMILES string of the molecule is CN(C)C(=O)CCCN1CCCC(C)(C(=O)O)C1. The van der Waals surface area contributed by atoms with Crippen LogP contribution in [-0.2, 0) is 9.59 Å². The Kier molecular flexibility index (Phi) is 5.14. The van der Waals surface area contributed by atoms with E-state index in [4.69, 9.17) is 0 Å². The molecule has 1 rings (SSSR count). The Morgan fingerprint density at radius 1 is 1.39 bits per heavy atom. The van der Waals surface area contributed by atoms with Crippen molar-refractivity contribution < 1.29 is 14.7 Å². The molecule has 5 heteroatoms. The number of nitrogens with zero attached hydrogens (tertiary/aromatic N) is 2. The van der Waals surface area contributed by atoms with Crippen LogP contribution in [0.3, 0.4) is 0 Å². The van der Waals surface area contributed by atoms with E-state index in [0.29, 0.717) is 13.0 Å². The van der Waals surface area contributed by atoms with Gasteiger partial charge in [-0.3, -0.25) is 9.59 Å². The van der Waals surface area contributed by atoms with E-state index in [1.54, 1.807) is 19.0 Å². The molecule has 1 atom stereocenters. The van der Waals surface area contributed by atoms with Gasteiger partial charge in [-0.15, -0.1) is 0 Å².